The minimum Gasteiger partial charge on any atom is -0.394 e. The van der Waals surface area contributed by atoms with Gasteiger partial charge in [-0.2, -0.15) is 0 Å². The van der Waals surface area contributed by atoms with E-state index >= 15 is 0 Å². The van der Waals surface area contributed by atoms with E-state index in [1.165, 1.54) is 11.1 Å². The Morgan fingerprint density at radius 2 is 1.82 bits per heavy atom. The number of ether oxygens (including phenoxy) is 1. The van der Waals surface area contributed by atoms with E-state index in [2.05, 4.69) is 29.2 Å². The van der Waals surface area contributed by atoms with E-state index in [4.69, 9.17) is 16.3 Å². The van der Waals surface area contributed by atoms with Crippen LogP contribution in [0, 0.1) is 0 Å². The van der Waals surface area contributed by atoms with Gasteiger partial charge in [-0.05, 0) is 23.3 Å². The molecule has 0 aromatic heterocycles. The summed E-state index contributed by atoms with van der Waals surface area (Å²) in [5.74, 6) is 0. The first-order valence-electron chi connectivity index (χ1n) is 7.52. The lowest BCUT2D eigenvalue weighted by molar-refractivity contribution is -0.0866. The van der Waals surface area contributed by atoms with Crippen LogP contribution in [0.15, 0.2) is 54.6 Å². The van der Waals surface area contributed by atoms with Crippen molar-refractivity contribution in [2.75, 3.05) is 19.8 Å². The molecule has 2 atom stereocenters. The monoisotopic (exact) mass is 317 g/mol. The Hall–Kier alpha value is -1.39. The van der Waals surface area contributed by atoms with Crippen LogP contribution >= 0.6 is 11.6 Å². The Labute approximate surface area is 136 Å². The van der Waals surface area contributed by atoms with Crippen molar-refractivity contribution in [3.8, 4) is 0 Å². The third-order valence-corrected chi connectivity index (χ3v) is 4.31. The van der Waals surface area contributed by atoms with Crippen molar-refractivity contribution in [3.05, 3.63) is 70.7 Å². The van der Waals surface area contributed by atoms with Gasteiger partial charge in [0.05, 0.1) is 25.4 Å². The molecule has 1 N–H and O–H groups in total. The summed E-state index contributed by atoms with van der Waals surface area (Å²) in [6, 6.07) is 18.5. The molecule has 0 aliphatic carbocycles. The third kappa shape index (κ3) is 3.68. The quantitative estimate of drug-likeness (QED) is 0.939. The van der Waals surface area contributed by atoms with E-state index in [0.29, 0.717) is 6.61 Å². The number of halogens is 1. The van der Waals surface area contributed by atoms with Crippen LogP contribution in [0.25, 0.3) is 0 Å². The molecule has 1 heterocycles. The van der Waals surface area contributed by atoms with Gasteiger partial charge in [0, 0.05) is 18.1 Å². The molecule has 22 heavy (non-hydrogen) atoms. The Morgan fingerprint density at radius 1 is 1.09 bits per heavy atom. The molecular formula is C18H20ClNO2. The van der Waals surface area contributed by atoms with E-state index < -0.39 is 0 Å². The number of hydrogen-bond acceptors (Lipinski definition) is 3. The van der Waals surface area contributed by atoms with E-state index in [9.17, 15) is 5.11 Å². The molecule has 4 heteroatoms. The maximum atomic E-state index is 9.40. The largest absolute Gasteiger partial charge is 0.394 e. The highest BCUT2D eigenvalue weighted by Crippen LogP contribution is 2.28. The topological polar surface area (TPSA) is 32.7 Å². The summed E-state index contributed by atoms with van der Waals surface area (Å²) in [6.45, 7) is 2.20. The summed E-state index contributed by atoms with van der Waals surface area (Å²) in [7, 11) is 0. The second kappa shape index (κ2) is 7.25. The predicted molar refractivity (Wildman–Crippen MR) is 87.9 cm³/mol. The van der Waals surface area contributed by atoms with Gasteiger partial charge in [-0.1, -0.05) is 54.1 Å². The number of hydrogen-bond donors (Lipinski definition) is 1. The number of rotatable bonds is 4. The summed E-state index contributed by atoms with van der Waals surface area (Å²) >= 11 is 5.98. The summed E-state index contributed by atoms with van der Waals surface area (Å²) in [6.07, 6.45) is -0.118. The summed E-state index contributed by atoms with van der Waals surface area (Å²) in [4.78, 5) is 2.36. The highest BCUT2D eigenvalue weighted by Gasteiger charge is 2.29. The molecule has 1 aliphatic rings. The first-order valence-corrected chi connectivity index (χ1v) is 7.90. The van der Waals surface area contributed by atoms with Crippen LogP contribution in [0.3, 0.4) is 0 Å². The van der Waals surface area contributed by atoms with Crippen LogP contribution in [-0.2, 0) is 11.3 Å². The predicted octanol–water partition coefficient (Wildman–Crippen LogP) is 3.27. The molecule has 1 fully saturated rings. The highest BCUT2D eigenvalue weighted by molar-refractivity contribution is 6.30. The molecule has 1 aliphatic heterocycles. The second-order valence-corrected chi connectivity index (χ2v) is 6.06. The van der Waals surface area contributed by atoms with Crippen molar-refractivity contribution < 1.29 is 9.84 Å². The van der Waals surface area contributed by atoms with Crippen LogP contribution in [0.5, 0.6) is 0 Å². The van der Waals surface area contributed by atoms with Gasteiger partial charge in [0.1, 0.15) is 0 Å². The molecule has 0 saturated carbocycles. The minimum atomic E-state index is -0.118. The lowest BCUT2D eigenvalue weighted by Crippen LogP contribution is -2.45. The van der Waals surface area contributed by atoms with Crippen molar-refractivity contribution in [2.45, 2.75) is 18.7 Å². The average molecular weight is 318 g/mol. The molecule has 3 rings (SSSR count). The fraction of sp³-hybridized carbons (Fsp3) is 0.333. The van der Waals surface area contributed by atoms with Gasteiger partial charge in [-0.15, -0.1) is 0 Å². The SMILES string of the molecule is OCC1CN(Cc2ccccc2)C(c2ccc(Cl)cc2)CO1. The molecular weight excluding hydrogens is 298 g/mol. The molecule has 0 amide bonds. The molecule has 2 aromatic carbocycles. The van der Waals surface area contributed by atoms with Gasteiger partial charge in [0.15, 0.2) is 0 Å². The number of aliphatic hydroxyl groups excluding tert-OH is 1. The number of benzene rings is 2. The number of morpholine rings is 1. The fourth-order valence-corrected chi connectivity index (χ4v) is 3.00. The van der Waals surface area contributed by atoms with Crippen LogP contribution in [-0.4, -0.2) is 35.9 Å². The Morgan fingerprint density at radius 3 is 2.50 bits per heavy atom. The van der Waals surface area contributed by atoms with E-state index in [1.54, 1.807) is 0 Å². The van der Waals surface area contributed by atoms with Crippen LogP contribution in [0.1, 0.15) is 17.2 Å². The van der Waals surface area contributed by atoms with Crippen molar-refractivity contribution in [1.29, 1.82) is 0 Å². The van der Waals surface area contributed by atoms with Crippen molar-refractivity contribution >= 4 is 11.6 Å². The van der Waals surface area contributed by atoms with Crippen molar-refractivity contribution in [3.63, 3.8) is 0 Å². The summed E-state index contributed by atoms with van der Waals surface area (Å²) < 4.78 is 5.77. The number of aliphatic hydroxyl groups is 1. The van der Waals surface area contributed by atoms with Gasteiger partial charge >= 0.3 is 0 Å². The van der Waals surface area contributed by atoms with Crippen molar-refractivity contribution in [2.24, 2.45) is 0 Å². The zero-order valence-corrected chi connectivity index (χ0v) is 13.1. The second-order valence-electron chi connectivity index (χ2n) is 5.62. The van der Waals surface area contributed by atoms with Gasteiger partial charge < -0.3 is 9.84 Å². The fourth-order valence-electron chi connectivity index (χ4n) is 2.87. The van der Waals surface area contributed by atoms with E-state index in [1.807, 2.05) is 30.3 Å². The molecule has 116 valence electrons. The average Bonchev–Trinajstić information content (AvgIpc) is 2.57. The van der Waals surface area contributed by atoms with Crippen LogP contribution in [0.4, 0.5) is 0 Å². The lowest BCUT2D eigenvalue weighted by Gasteiger charge is -2.39. The molecule has 1 saturated heterocycles. The molecule has 3 nitrogen and oxygen atoms in total. The normalized spacial score (nSPS) is 22.6. The standard InChI is InChI=1S/C18H20ClNO2/c19-16-8-6-15(7-9-16)18-13-22-17(12-21)11-20(18)10-14-4-2-1-3-5-14/h1-9,17-18,21H,10-13H2. The number of nitrogens with zero attached hydrogens (tertiary/aromatic N) is 1. The first-order chi connectivity index (χ1) is 10.8. The molecule has 2 aromatic rings. The van der Waals surface area contributed by atoms with E-state index in [-0.39, 0.29) is 18.8 Å². The summed E-state index contributed by atoms with van der Waals surface area (Å²) in [5, 5.41) is 10.1. The smallest absolute Gasteiger partial charge is 0.0933 e. The zero-order chi connectivity index (χ0) is 15.4. The molecule has 0 bridgehead atoms. The first kappa shape index (κ1) is 15.5. The Balaban J connectivity index is 1.81. The Kier molecular flexibility index (Phi) is 5.11. The Bertz CT molecular complexity index is 588. The molecule has 2 unspecified atom stereocenters. The maximum Gasteiger partial charge on any atom is 0.0933 e. The molecule has 0 radical (unpaired) electrons. The van der Waals surface area contributed by atoms with Gasteiger partial charge in [0.2, 0.25) is 0 Å². The summed E-state index contributed by atoms with van der Waals surface area (Å²) in [5.41, 5.74) is 2.46. The maximum absolute atomic E-state index is 9.40. The zero-order valence-electron chi connectivity index (χ0n) is 12.4. The third-order valence-electron chi connectivity index (χ3n) is 4.06. The van der Waals surface area contributed by atoms with Gasteiger partial charge in [-0.25, -0.2) is 0 Å². The molecule has 0 spiro atoms. The van der Waals surface area contributed by atoms with E-state index in [0.717, 1.165) is 18.1 Å². The van der Waals surface area contributed by atoms with Crippen LogP contribution in [0.2, 0.25) is 5.02 Å². The van der Waals surface area contributed by atoms with Crippen molar-refractivity contribution in [1.82, 2.24) is 4.90 Å². The van der Waals surface area contributed by atoms with Crippen LogP contribution < -0.4 is 0 Å². The van der Waals surface area contributed by atoms with Gasteiger partial charge in [-0.3, -0.25) is 4.90 Å². The highest BCUT2D eigenvalue weighted by atomic mass is 35.5. The minimum absolute atomic E-state index is 0.0542. The lowest BCUT2D eigenvalue weighted by atomic mass is 10.0. The van der Waals surface area contributed by atoms with Gasteiger partial charge in [0.25, 0.3) is 0 Å².